The molecule has 0 fully saturated rings. The Morgan fingerprint density at radius 2 is 1.25 bits per heavy atom. The number of anilines is 1. The van der Waals surface area contributed by atoms with Gasteiger partial charge in [-0.1, -0.05) is 123 Å². The molecule has 0 radical (unpaired) electrons. The van der Waals surface area contributed by atoms with Crippen molar-refractivity contribution in [1.29, 1.82) is 0 Å². The first-order valence-corrected chi connectivity index (χ1v) is 19.9. The molecule has 3 heterocycles. The molecule has 0 saturated carbocycles. The Labute approximate surface area is 330 Å². The Balaban J connectivity index is 0.000000222. The van der Waals surface area contributed by atoms with Gasteiger partial charge in [0.15, 0.2) is 12.1 Å². The smallest absolute Gasteiger partial charge is 0.164 e. The topological polar surface area (TPSA) is 68.0 Å². The van der Waals surface area contributed by atoms with Crippen molar-refractivity contribution in [1.82, 2.24) is 24.0 Å². The predicted octanol–water partition coefficient (Wildman–Crippen LogP) is 11.0. The molecule has 284 valence electrons. The second-order valence-electron chi connectivity index (χ2n) is 14.6. The first kappa shape index (κ1) is 38.2. The minimum atomic E-state index is 0.316. The van der Waals surface area contributed by atoms with Gasteiger partial charge in [-0.15, -0.1) is 0 Å². The summed E-state index contributed by atoms with van der Waals surface area (Å²) >= 11 is 0. The van der Waals surface area contributed by atoms with Crippen molar-refractivity contribution in [3.05, 3.63) is 162 Å². The van der Waals surface area contributed by atoms with Crippen LogP contribution in [0.5, 0.6) is 0 Å². The van der Waals surface area contributed by atoms with E-state index in [1.165, 1.54) is 22.0 Å². The van der Waals surface area contributed by atoms with Crippen LogP contribution in [0.3, 0.4) is 0 Å². The van der Waals surface area contributed by atoms with E-state index in [0.29, 0.717) is 6.04 Å². The van der Waals surface area contributed by atoms with Gasteiger partial charge in [-0.3, -0.25) is 4.79 Å². The highest BCUT2D eigenvalue weighted by atomic mass is 16.1. The van der Waals surface area contributed by atoms with Crippen LogP contribution >= 0.6 is 0 Å². The molecule has 8 rings (SSSR count). The number of carbonyl (C=O) groups is 1. The van der Waals surface area contributed by atoms with E-state index >= 15 is 0 Å². The summed E-state index contributed by atoms with van der Waals surface area (Å²) in [6.45, 7) is 13.8. The van der Waals surface area contributed by atoms with Crippen molar-refractivity contribution in [2.24, 2.45) is 0 Å². The van der Waals surface area contributed by atoms with Gasteiger partial charge in [-0.2, -0.15) is 0 Å². The van der Waals surface area contributed by atoms with Crippen LogP contribution in [0, 0.1) is 6.92 Å². The van der Waals surface area contributed by atoms with Crippen molar-refractivity contribution in [2.45, 2.75) is 59.7 Å². The van der Waals surface area contributed by atoms with Gasteiger partial charge >= 0.3 is 0 Å². The summed E-state index contributed by atoms with van der Waals surface area (Å²) in [4.78, 5) is 23.8. The van der Waals surface area contributed by atoms with Crippen molar-refractivity contribution in [3.8, 4) is 11.4 Å². The number of aldehydes is 1. The Bertz CT molecular complexity index is 2520. The molecular weight excluding hydrogens is 689 g/mol. The first-order chi connectivity index (χ1) is 27.4. The van der Waals surface area contributed by atoms with E-state index in [9.17, 15) is 4.79 Å². The van der Waals surface area contributed by atoms with Crippen molar-refractivity contribution in [3.63, 3.8) is 0 Å². The SMILES string of the molecule is CCN(CC)CCCC(C)Nc1nc(-c2cn(Cc3ccccc3)c3ccccc23)nc2c(C)cccc12.O=Cc1cn(Cc2ccccc2)c2ccccc12. The molecule has 7 heteroatoms. The lowest BCUT2D eigenvalue weighted by atomic mass is 10.1. The molecule has 8 aromatic rings. The largest absolute Gasteiger partial charge is 0.367 e. The third-order valence-corrected chi connectivity index (χ3v) is 10.7. The number of hydrogen-bond donors (Lipinski definition) is 1. The van der Waals surface area contributed by atoms with Crippen molar-refractivity contribution in [2.75, 3.05) is 25.0 Å². The molecule has 3 aromatic heterocycles. The minimum Gasteiger partial charge on any atom is -0.367 e. The Morgan fingerprint density at radius 1 is 0.679 bits per heavy atom. The minimum absolute atomic E-state index is 0.316. The maximum atomic E-state index is 11.1. The van der Waals surface area contributed by atoms with Gasteiger partial charge in [-0.05, 0) is 81.2 Å². The summed E-state index contributed by atoms with van der Waals surface area (Å²) in [6, 6.07) is 44.1. The number of nitrogens with one attached hydrogen (secondary N) is 1. The summed E-state index contributed by atoms with van der Waals surface area (Å²) in [5.74, 6) is 1.69. The summed E-state index contributed by atoms with van der Waals surface area (Å²) in [7, 11) is 0. The van der Waals surface area contributed by atoms with Crippen LogP contribution in [0.4, 0.5) is 5.82 Å². The quantitative estimate of drug-likeness (QED) is 0.112. The summed E-state index contributed by atoms with van der Waals surface area (Å²) < 4.78 is 4.43. The Morgan fingerprint density at radius 3 is 1.89 bits per heavy atom. The van der Waals surface area contributed by atoms with Gasteiger partial charge in [0.25, 0.3) is 0 Å². The number of hydrogen-bond acceptors (Lipinski definition) is 5. The zero-order chi connectivity index (χ0) is 38.9. The number of para-hydroxylation sites is 3. The number of benzene rings is 5. The molecule has 56 heavy (non-hydrogen) atoms. The van der Waals surface area contributed by atoms with Crippen molar-refractivity contribution >= 4 is 44.8 Å². The maximum absolute atomic E-state index is 11.1. The van der Waals surface area contributed by atoms with Gasteiger partial charge in [0.2, 0.25) is 0 Å². The van der Waals surface area contributed by atoms with E-state index in [2.05, 4.69) is 138 Å². The maximum Gasteiger partial charge on any atom is 0.164 e. The highest BCUT2D eigenvalue weighted by Gasteiger charge is 2.18. The average Bonchev–Trinajstić information content (AvgIpc) is 3.78. The molecule has 1 unspecified atom stereocenters. The number of nitrogens with zero attached hydrogens (tertiary/aromatic N) is 5. The Hall–Kier alpha value is -6.05. The molecule has 0 spiro atoms. The van der Waals surface area contributed by atoms with Crippen LogP contribution in [0.25, 0.3) is 44.1 Å². The van der Waals surface area contributed by atoms with E-state index in [0.717, 1.165) is 102 Å². The number of aromatic nitrogens is 4. The second-order valence-corrected chi connectivity index (χ2v) is 14.6. The van der Waals surface area contributed by atoms with Crippen LogP contribution in [0.15, 0.2) is 140 Å². The van der Waals surface area contributed by atoms with Crippen molar-refractivity contribution < 1.29 is 4.79 Å². The third-order valence-electron chi connectivity index (χ3n) is 10.7. The van der Waals surface area contributed by atoms with Crippen LogP contribution in [0.2, 0.25) is 0 Å². The lowest BCUT2D eigenvalue weighted by Gasteiger charge is -2.21. The fourth-order valence-corrected chi connectivity index (χ4v) is 7.61. The van der Waals surface area contributed by atoms with Crippen LogP contribution < -0.4 is 5.32 Å². The standard InChI is InChI=1S/C33H39N5.C16H13NO/c1-5-37(6-2)21-13-15-25(4)34-32-28-19-12-14-24(3)31(28)35-33(36-32)29-23-38(22-26-16-8-7-9-17-26)30-20-11-10-18-27(29)30;18-12-14-11-17(10-13-6-2-1-3-7-13)16-9-5-4-8-15(14)16/h7-12,14,16-20,23,25H,5-6,13,15,21-22H2,1-4H3,(H,34,35,36);1-9,11-12H,10H2. The highest BCUT2D eigenvalue weighted by molar-refractivity contribution is 5.99. The Kier molecular flexibility index (Phi) is 12.3. The average molecular weight is 741 g/mol. The number of carbonyl (C=O) groups excluding carboxylic acids is 1. The number of rotatable bonds is 14. The lowest BCUT2D eigenvalue weighted by Crippen LogP contribution is -2.25. The van der Waals surface area contributed by atoms with Crippen LogP contribution in [-0.2, 0) is 13.1 Å². The molecule has 0 aliphatic carbocycles. The lowest BCUT2D eigenvalue weighted by molar-refractivity contribution is 0.112. The fourth-order valence-electron chi connectivity index (χ4n) is 7.61. The van der Waals surface area contributed by atoms with E-state index in [-0.39, 0.29) is 0 Å². The van der Waals surface area contributed by atoms with Gasteiger partial charge < -0.3 is 19.4 Å². The van der Waals surface area contributed by atoms with Crippen LogP contribution in [-0.4, -0.2) is 56.0 Å². The number of aryl methyl sites for hydroxylation is 1. The van der Waals surface area contributed by atoms with E-state index < -0.39 is 0 Å². The molecule has 0 amide bonds. The third kappa shape index (κ3) is 8.74. The number of fused-ring (bicyclic) bond motifs is 3. The van der Waals surface area contributed by atoms with Gasteiger partial charge in [0.05, 0.1) is 5.52 Å². The molecule has 0 aliphatic rings. The van der Waals surface area contributed by atoms with E-state index in [4.69, 9.17) is 9.97 Å². The molecular formula is C49H52N6O. The first-order valence-electron chi connectivity index (χ1n) is 19.9. The zero-order valence-corrected chi connectivity index (χ0v) is 33.0. The molecule has 0 aliphatic heterocycles. The van der Waals surface area contributed by atoms with E-state index in [1.54, 1.807) is 0 Å². The highest BCUT2D eigenvalue weighted by Crippen LogP contribution is 2.33. The summed E-state index contributed by atoms with van der Waals surface area (Å²) in [6.07, 6.45) is 7.32. The second kappa shape index (κ2) is 18.1. The predicted molar refractivity (Wildman–Crippen MR) is 234 cm³/mol. The van der Waals surface area contributed by atoms with E-state index in [1.807, 2.05) is 48.7 Å². The normalized spacial score (nSPS) is 11.9. The summed E-state index contributed by atoms with van der Waals surface area (Å²) in [5.41, 5.74) is 8.79. The molecule has 5 aromatic carbocycles. The molecule has 0 saturated heterocycles. The van der Waals surface area contributed by atoms with Gasteiger partial charge in [0.1, 0.15) is 5.82 Å². The molecule has 1 atom stereocenters. The van der Waals surface area contributed by atoms with Gasteiger partial charge in [0, 0.05) is 69.8 Å². The molecule has 1 N–H and O–H groups in total. The van der Waals surface area contributed by atoms with Crippen LogP contribution in [0.1, 0.15) is 60.7 Å². The molecule has 0 bridgehead atoms. The zero-order valence-electron chi connectivity index (χ0n) is 33.0. The van der Waals surface area contributed by atoms with Gasteiger partial charge in [-0.25, -0.2) is 9.97 Å². The fraction of sp³-hybridized carbons (Fsp3) is 0.245. The molecule has 7 nitrogen and oxygen atoms in total. The summed E-state index contributed by atoms with van der Waals surface area (Å²) in [5, 5.41) is 7.02. The monoisotopic (exact) mass is 740 g/mol.